The van der Waals surface area contributed by atoms with E-state index in [0.717, 1.165) is 16.1 Å². The zero-order valence-corrected chi connectivity index (χ0v) is 22.0. The third-order valence-electron chi connectivity index (χ3n) is 5.20. The maximum absolute atomic E-state index is 12.9. The van der Waals surface area contributed by atoms with Gasteiger partial charge in [0.15, 0.2) is 0 Å². The van der Waals surface area contributed by atoms with E-state index in [1.807, 2.05) is 13.0 Å². The molecule has 11 heteroatoms. The Labute approximate surface area is 211 Å². The van der Waals surface area contributed by atoms with E-state index < -0.39 is 32.0 Å². The summed E-state index contributed by atoms with van der Waals surface area (Å²) in [6.07, 6.45) is 1.01. The zero-order valence-electron chi connectivity index (χ0n) is 19.6. The Morgan fingerprint density at radius 1 is 0.914 bits per heavy atom. The van der Waals surface area contributed by atoms with Crippen LogP contribution in [0.1, 0.15) is 18.1 Å². The Balaban J connectivity index is 1.79. The summed E-state index contributed by atoms with van der Waals surface area (Å²) < 4.78 is 54.0. The van der Waals surface area contributed by atoms with Crippen molar-refractivity contribution in [2.75, 3.05) is 20.6 Å². The minimum atomic E-state index is -3.83. The summed E-state index contributed by atoms with van der Waals surface area (Å²) in [5, 5.41) is 2.98. The number of carbonyl (C=O) groups excluding carboxylic acids is 1. The molecule has 3 rings (SSSR count). The minimum Gasteiger partial charge on any atom is -0.324 e. The normalized spacial score (nSPS) is 12.6. The summed E-state index contributed by atoms with van der Waals surface area (Å²) in [6, 6.07) is 16.2. The highest BCUT2D eigenvalue weighted by molar-refractivity contribution is 7.92. The molecule has 0 fully saturated rings. The fourth-order valence-corrected chi connectivity index (χ4v) is 5.93. The third kappa shape index (κ3) is 6.53. The van der Waals surface area contributed by atoms with Crippen molar-refractivity contribution in [2.24, 2.45) is 0 Å². The molecule has 2 N–H and O–H groups in total. The van der Waals surface area contributed by atoms with E-state index in [-0.39, 0.29) is 4.90 Å². The zero-order chi connectivity index (χ0) is 26.0. The highest BCUT2D eigenvalue weighted by atomic mass is 35.5. The van der Waals surface area contributed by atoms with Gasteiger partial charge in [-0.05, 0) is 80.4 Å². The molecule has 35 heavy (non-hydrogen) atoms. The highest BCUT2D eigenvalue weighted by Crippen LogP contribution is 2.29. The first-order chi connectivity index (χ1) is 16.3. The second-order valence-electron chi connectivity index (χ2n) is 8.15. The van der Waals surface area contributed by atoms with Gasteiger partial charge in [-0.1, -0.05) is 29.8 Å². The lowest BCUT2D eigenvalue weighted by molar-refractivity contribution is -0.116. The molecule has 3 aromatic rings. The van der Waals surface area contributed by atoms with Crippen LogP contribution in [0, 0.1) is 13.8 Å². The van der Waals surface area contributed by atoms with Crippen LogP contribution in [0.4, 0.5) is 17.1 Å². The molecule has 1 atom stereocenters. The molecule has 0 saturated heterocycles. The number of hydrogen-bond acceptors (Lipinski definition) is 5. The Bertz CT molecular complexity index is 1460. The van der Waals surface area contributed by atoms with Crippen molar-refractivity contribution in [1.29, 1.82) is 0 Å². The molecular weight excluding hydrogens is 510 g/mol. The second-order valence-corrected chi connectivity index (χ2v) is 12.1. The summed E-state index contributed by atoms with van der Waals surface area (Å²) >= 11 is 6.06. The summed E-state index contributed by atoms with van der Waals surface area (Å²) in [4.78, 5) is 13.0. The Morgan fingerprint density at radius 3 is 2.17 bits per heavy atom. The third-order valence-corrected chi connectivity index (χ3v) is 8.06. The van der Waals surface area contributed by atoms with Crippen LogP contribution in [0.25, 0.3) is 0 Å². The molecule has 1 amide bonds. The number of anilines is 3. The fourth-order valence-electron chi connectivity index (χ4n) is 3.49. The maximum Gasteiger partial charge on any atom is 0.261 e. The Hall–Kier alpha value is -3.08. The molecule has 0 aliphatic heterocycles. The molecule has 8 nitrogen and oxygen atoms in total. The number of nitrogens with zero attached hydrogens (tertiary/aromatic N) is 1. The number of carbonyl (C=O) groups is 1. The summed E-state index contributed by atoms with van der Waals surface area (Å²) in [5.41, 5.74) is 2.59. The molecule has 186 valence electrons. The molecule has 0 aliphatic carbocycles. The summed E-state index contributed by atoms with van der Waals surface area (Å²) in [5.74, 6) is -0.594. The molecule has 0 aliphatic rings. The molecule has 0 aromatic heterocycles. The number of benzene rings is 3. The molecule has 0 radical (unpaired) electrons. The van der Waals surface area contributed by atoms with Crippen molar-refractivity contribution >= 4 is 54.6 Å². The van der Waals surface area contributed by atoms with Crippen molar-refractivity contribution < 1.29 is 21.6 Å². The fraction of sp³-hybridized carbons (Fsp3) is 0.208. The standard InChI is InChI=1S/C24H26ClN3O5S2/c1-16-6-5-7-21(14-16)27-35(32,33)22-12-10-20(11-13-22)26-24(29)18(3)28(34(4,30)31)23-15-19(25)9-8-17(23)2/h5-15,18,27H,1-4H3,(H,26,29)/t18-/m0/s1. The number of rotatable bonds is 8. The predicted molar refractivity (Wildman–Crippen MR) is 140 cm³/mol. The van der Waals surface area contributed by atoms with E-state index in [0.29, 0.717) is 27.6 Å². The van der Waals surface area contributed by atoms with Crippen molar-refractivity contribution in [3.63, 3.8) is 0 Å². The highest BCUT2D eigenvalue weighted by Gasteiger charge is 2.30. The number of amides is 1. The molecule has 0 spiro atoms. The lowest BCUT2D eigenvalue weighted by Gasteiger charge is -2.29. The van der Waals surface area contributed by atoms with E-state index in [2.05, 4.69) is 10.0 Å². The van der Waals surface area contributed by atoms with Crippen LogP contribution in [0.15, 0.2) is 71.6 Å². The first-order valence-corrected chi connectivity index (χ1v) is 14.2. The van der Waals surface area contributed by atoms with Gasteiger partial charge in [-0.15, -0.1) is 0 Å². The lowest BCUT2D eigenvalue weighted by Crippen LogP contribution is -2.45. The van der Waals surface area contributed by atoms with E-state index in [1.165, 1.54) is 37.3 Å². The van der Waals surface area contributed by atoms with Gasteiger partial charge in [-0.25, -0.2) is 16.8 Å². The molecule has 3 aromatic carbocycles. The largest absolute Gasteiger partial charge is 0.324 e. The van der Waals surface area contributed by atoms with Gasteiger partial charge < -0.3 is 5.32 Å². The predicted octanol–water partition coefficient (Wildman–Crippen LogP) is 4.55. The molecule has 0 unspecified atom stereocenters. The van der Waals surface area contributed by atoms with Gasteiger partial charge in [-0.2, -0.15) is 0 Å². The second kappa shape index (κ2) is 10.3. The van der Waals surface area contributed by atoms with Crippen molar-refractivity contribution in [2.45, 2.75) is 31.7 Å². The number of hydrogen-bond donors (Lipinski definition) is 2. The first kappa shape index (κ1) is 26.5. The van der Waals surface area contributed by atoms with Gasteiger partial charge in [0.05, 0.1) is 16.8 Å². The van der Waals surface area contributed by atoms with Crippen molar-refractivity contribution in [1.82, 2.24) is 0 Å². The first-order valence-electron chi connectivity index (χ1n) is 10.5. The van der Waals surface area contributed by atoms with Crippen molar-refractivity contribution in [3.8, 4) is 0 Å². The quantitative estimate of drug-likeness (QED) is 0.439. The summed E-state index contributed by atoms with van der Waals surface area (Å²) in [6.45, 7) is 5.04. The van der Waals surface area contributed by atoms with Gasteiger partial charge >= 0.3 is 0 Å². The van der Waals surface area contributed by atoms with Crippen LogP contribution in [-0.4, -0.2) is 35.0 Å². The molecular formula is C24H26ClN3O5S2. The smallest absolute Gasteiger partial charge is 0.261 e. The number of sulfonamides is 2. The van der Waals surface area contributed by atoms with E-state index in [1.54, 1.807) is 37.3 Å². The summed E-state index contributed by atoms with van der Waals surface area (Å²) in [7, 11) is -7.66. The van der Waals surface area contributed by atoms with Gasteiger partial charge in [0.25, 0.3) is 10.0 Å². The average Bonchev–Trinajstić information content (AvgIpc) is 2.75. The van der Waals surface area contributed by atoms with Gasteiger partial charge in [0.2, 0.25) is 15.9 Å². The Kier molecular flexibility index (Phi) is 7.78. The van der Waals surface area contributed by atoms with Crippen LogP contribution < -0.4 is 14.3 Å². The average molecular weight is 536 g/mol. The molecule has 0 bridgehead atoms. The van der Waals surface area contributed by atoms with Crippen LogP contribution in [0.5, 0.6) is 0 Å². The van der Waals surface area contributed by atoms with Gasteiger partial charge in [0, 0.05) is 16.4 Å². The number of halogens is 1. The minimum absolute atomic E-state index is 0.0115. The number of nitrogens with one attached hydrogen (secondary N) is 2. The van der Waals surface area contributed by atoms with E-state index in [4.69, 9.17) is 11.6 Å². The molecule has 0 saturated carbocycles. The topological polar surface area (TPSA) is 113 Å². The lowest BCUT2D eigenvalue weighted by atomic mass is 10.1. The maximum atomic E-state index is 12.9. The SMILES string of the molecule is Cc1cccc(NS(=O)(=O)c2ccc(NC(=O)[C@H](C)N(c3cc(Cl)ccc3C)S(C)(=O)=O)cc2)c1. The van der Waals surface area contributed by atoms with Crippen LogP contribution >= 0.6 is 11.6 Å². The van der Waals surface area contributed by atoms with Crippen LogP contribution in [0.2, 0.25) is 5.02 Å². The monoisotopic (exact) mass is 535 g/mol. The Morgan fingerprint density at radius 2 is 1.57 bits per heavy atom. The van der Waals surface area contributed by atoms with Gasteiger partial charge in [-0.3, -0.25) is 13.8 Å². The van der Waals surface area contributed by atoms with Crippen LogP contribution in [-0.2, 0) is 24.8 Å². The van der Waals surface area contributed by atoms with Crippen LogP contribution in [0.3, 0.4) is 0 Å². The van der Waals surface area contributed by atoms with Crippen molar-refractivity contribution in [3.05, 3.63) is 82.9 Å². The van der Waals surface area contributed by atoms with E-state index in [9.17, 15) is 21.6 Å². The number of aryl methyl sites for hydroxylation is 2. The van der Waals surface area contributed by atoms with Gasteiger partial charge in [0.1, 0.15) is 6.04 Å². The molecule has 0 heterocycles. The van der Waals surface area contributed by atoms with E-state index >= 15 is 0 Å².